The quantitative estimate of drug-likeness (QED) is 0.488. The molecule has 3 aliphatic heterocycles. The molecule has 1 aromatic rings. The van der Waals surface area contributed by atoms with E-state index in [0.29, 0.717) is 31.8 Å². The van der Waals surface area contributed by atoms with Crippen LogP contribution in [0.4, 0.5) is 0 Å². The van der Waals surface area contributed by atoms with Gasteiger partial charge in [-0.05, 0) is 37.5 Å². The van der Waals surface area contributed by atoms with Crippen molar-refractivity contribution in [3.63, 3.8) is 0 Å². The summed E-state index contributed by atoms with van der Waals surface area (Å²) < 4.78 is 39.0. The summed E-state index contributed by atoms with van der Waals surface area (Å²) in [6.45, 7) is 2.61. The number of sulfonamides is 1. The molecule has 0 radical (unpaired) electrons. The first-order chi connectivity index (χ1) is 16.8. The van der Waals surface area contributed by atoms with E-state index in [1.807, 2.05) is 0 Å². The summed E-state index contributed by atoms with van der Waals surface area (Å²) in [4.78, 5) is 28.5. The molecule has 1 spiro atoms. The molecule has 2 atom stereocenters. The molecule has 0 saturated carbocycles. The van der Waals surface area contributed by atoms with E-state index in [9.17, 15) is 18.0 Å². The first-order valence-corrected chi connectivity index (χ1v) is 13.5. The van der Waals surface area contributed by atoms with Crippen LogP contribution in [0, 0.1) is 0 Å². The highest BCUT2D eigenvalue weighted by atomic mass is 32.2. The highest BCUT2D eigenvalue weighted by Crippen LogP contribution is 2.23. The summed E-state index contributed by atoms with van der Waals surface area (Å²) in [7, 11) is -2.28. The first-order valence-electron chi connectivity index (χ1n) is 12.1. The lowest BCUT2D eigenvalue weighted by molar-refractivity contribution is -0.160. The number of carbonyl (C=O) groups is 2. The Labute approximate surface area is 206 Å². The molecule has 0 aromatic heterocycles. The van der Waals surface area contributed by atoms with Crippen LogP contribution in [-0.4, -0.2) is 101 Å². The number of nitrogens with one attached hydrogen (secondary N) is 2. The van der Waals surface area contributed by atoms with Gasteiger partial charge >= 0.3 is 0 Å². The zero-order chi connectivity index (χ0) is 24.9. The number of likely N-dealkylation sites (N-methyl/N-ethyl adjacent to an activating group) is 1. The highest BCUT2D eigenvalue weighted by Gasteiger charge is 2.42. The summed E-state index contributed by atoms with van der Waals surface area (Å²) in [5.41, 5.74) is -0.839. The second kappa shape index (κ2) is 11.2. The standard InChI is InChI=1S/C24H34N4O6S/c1-27-11-4-5-13-33-18-24(17-25-10-14-34-24)23(30)26-16-20-8-2-3-12-28(20)22(29)19-7-6-9-21(15-19)35(27,31)32/h4-7,9,15,20,25H,2-3,8,10-14,16-18H2,1H3,(H,26,30)/b5-4-/t20-,24?/m0/s1. The number of rotatable bonds is 0. The molecular formula is C24H34N4O6S. The Kier molecular flexibility index (Phi) is 8.23. The van der Waals surface area contributed by atoms with Gasteiger partial charge in [0.25, 0.3) is 11.8 Å². The summed E-state index contributed by atoms with van der Waals surface area (Å²) >= 11 is 0. The van der Waals surface area contributed by atoms with E-state index >= 15 is 0 Å². The van der Waals surface area contributed by atoms with Crippen molar-refractivity contribution in [1.29, 1.82) is 0 Å². The van der Waals surface area contributed by atoms with Gasteiger partial charge in [0.05, 0.1) is 24.7 Å². The van der Waals surface area contributed by atoms with Gasteiger partial charge in [-0.1, -0.05) is 18.2 Å². The molecule has 2 bridgehead atoms. The summed E-state index contributed by atoms with van der Waals surface area (Å²) in [5, 5.41) is 6.20. The topological polar surface area (TPSA) is 117 Å². The molecule has 1 aromatic carbocycles. The van der Waals surface area contributed by atoms with Gasteiger partial charge in [-0.2, -0.15) is 4.31 Å². The number of morpholine rings is 1. The third-order valence-electron chi connectivity index (χ3n) is 6.74. The van der Waals surface area contributed by atoms with E-state index in [4.69, 9.17) is 9.47 Å². The summed E-state index contributed by atoms with van der Waals surface area (Å²) in [6, 6.07) is 5.97. The number of benzene rings is 1. The van der Waals surface area contributed by atoms with Crippen LogP contribution in [0.5, 0.6) is 0 Å². The Morgan fingerprint density at radius 1 is 1.17 bits per heavy atom. The molecule has 3 aliphatic rings. The van der Waals surface area contributed by atoms with Crippen LogP contribution >= 0.6 is 0 Å². The van der Waals surface area contributed by atoms with Crippen LogP contribution < -0.4 is 10.6 Å². The van der Waals surface area contributed by atoms with Crippen LogP contribution in [-0.2, 0) is 24.3 Å². The molecule has 2 amide bonds. The smallest absolute Gasteiger partial charge is 0.256 e. The fourth-order valence-electron chi connectivity index (χ4n) is 4.63. The van der Waals surface area contributed by atoms with Gasteiger partial charge in [0.15, 0.2) is 5.60 Å². The Balaban J connectivity index is 1.64. The normalized spacial score (nSPS) is 30.1. The van der Waals surface area contributed by atoms with Gasteiger partial charge in [-0.3, -0.25) is 9.59 Å². The molecule has 35 heavy (non-hydrogen) atoms. The van der Waals surface area contributed by atoms with Crippen molar-refractivity contribution >= 4 is 21.8 Å². The summed E-state index contributed by atoms with van der Waals surface area (Å²) in [5.74, 6) is -0.501. The number of ether oxygens (including phenoxy) is 2. The maximum Gasteiger partial charge on any atom is 0.256 e. The number of amides is 2. The Morgan fingerprint density at radius 3 is 2.83 bits per heavy atom. The van der Waals surface area contributed by atoms with E-state index < -0.39 is 15.6 Å². The second-order valence-electron chi connectivity index (χ2n) is 9.18. The maximum absolute atomic E-state index is 13.4. The lowest BCUT2D eigenvalue weighted by Crippen LogP contribution is -2.62. The third kappa shape index (κ3) is 5.75. The molecule has 0 aliphatic carbocycles. The molecule has 3 heterocycles. The molecule has 1 unspecified atom stereocenters. The van der Waals surface area contributed by atoms with Gasteiger partial charge in [0.2, 0.25) is 10.0 Å². The molecular weight excluding hydrogens is 472 g/mol. The molecule has 2 fully saturated rings. The Bertz CT molecular complexity index is 1050. The lowest BCUT2D eigenvalue weighted by Gasteiger charge is -2.39. The van der Waals surface area contributed by atoms with Gasteiger partial charge in [0, 0.05) is 51.4 Å². The van der Waals surface area contributed by atoms with Gasteiger partial charge < -0.3 is 25.0 Å². The zero-order valence-electron chi connectivity index (χ0n) is 20.1. The van der Waals surface area contributed by atoms with Crippen LogP contribution in [0.3, 0.4) is 0 Å². The van der Waals surface area contributed by atoms with E-state index in [2.05, 4.69) is 10.6 Å². The fraction of sp³-hybridized carbons (Fsp3) is 0.583. The van der Waals surface area contributed by atoms with E-state index in [1.54, 1.807) is 29.2 Å². The van der Waals surface area contributed by atoms with Crippen molar-refractivity contribution in [1.82, 2.24) is 19.8 Å². The number of hydrogen-bond acceptors (Lipinski definition) is 7. The fourth-order valence-corrected chi connectivity index (χ4v) is 5.80. The van der Waals surface area contributed by atoms with Crippen molar-refractivity contribution in [3.05, 3.63) is 42.0 Å². The molecule has 11 heteroatoms. The van der Waals surface area contributed by atoms with E-state index in [1.165, 1.54) is 23.5 Å². The highest BCUT2D eigenvalue weighted by molar-refractivity contribution is 7.89. The van der Waals surface area contributed by atoms with Gasteiger partial charge in [-0.15, -0.1) is 0 Å². The number of hydrogen-bond donors (Lipinski definition) is 2. The van der Waals surface area contributed by atoms with Crippen LogP contribution in [0.1, 0.15) is 29.6 Å². The third-order valence-corrected chi connectivity index (χ3v) is 8.55. The van der Waals surface area contributed by atoms with Crippen LogP contribution in [0.2, 0.25) is 0 Å². The molecule has 2 saturated heterocycles. The van der Waals surface area contributed by atoms with E-state index in [-0.39, 0.29) is 49.1 Å². The lowest BCUT2D eigenvalue weighted by atomic mass is 9.99. The predicted molar refractivity (Wildman–Crippen MR) is 129 cm³/mol. The molecule has 192 valence electrons. The van der Waals surface area contributed by atoms with Crippen molar-refractivity contribution < 1.29 is 27.5 Å². The number of piperidine rings is 1. The zero-order valence-corrected chi connectivity index (χ0v) is 20.9. The second-order valence-corrected chi connectivity index (χ2v) is 11.2. The van der Waals surface area contributed by atoms with Crippen molar-refractivity contribution in [2.45, 2.75) is 35.8 Å². The van der Waals surface area contributed by atoms with Gasteiger partial charge in [-0.25, -0.2) is 8.42 Å². The van der Waals surface area contributed by atoms with Crippen molar-refractivity contribution in [2.75, 3.05) is 59.6 Å². The SMILES string of the molecule is CN1C/C=C\COCC2(CNCCO2)C(=O)NC[C@@H]2CCCCN2C(=O)c2cccc(c2)S1(=O)=O. The van der Waals surface area contributed by atoms with Crippen molar-refractivity contribution in [2.24, 2.45) is 0 Å². The van der Waals surface area contributed by atoms with Crippen LogP contribution in [0.15, 0.2) is 41.3 Å². The predicted octanol–water partition coefficient (Wildman–Crippen LogP) is 0.363. The molecule has 2 N–H and O–H groups in total. The molecule has 10 nitrogen and oxygen atoms in total. The Hall–Kier alpha value is -2.31. The maximum atomic E-state index is 13.4. The number of carbonyl (C=O) groups excluding carboxylic acids is 2. The monoisotopic (exact) mass is 506 g/mol. The average Bonchev–Trinajstić information content (AvgIpc) is 2.89. The van der Waals surface area contributed by atoms with E-state index in [0.717, 1.165) is 19.3 Å². The number of nitrogens with zero attached hydrogens (tertiary/aromatic N) is 2. The minimum atomic E-state index is -3.78. The average molecular weight is 507 g/mol. The van der Waals surface area contributed by atoms with Gasteiger partial charge in [0.1, 0.15) is 0 Å². The minimum absolute atomic E-state index is 0.0577. The van der Waals surface area contributed by atoms with Crippen LogP contribution in [0.25, 0.3) is 0 Å². The first kappa shape index (κ1) is 25.8. The van der Waals surface area contributed by atoms with Crippen molar-refractivity contribution in [3.8, 4) is 0 Å². The summed E-state index contributed by atoms with van der Waals surface area (Å²) in [6.07, 6.45) is 5.97. The minimum Gasteiger partial charge on any atom is -0.374 e. The largest absolute Gasteiger partial charge is 0.374 e. The molecule has 4 rings (SSSR count). The number of fused-ring (bicyclic) bond motifs is 3. The Morgan fingerprint density at radius 2 is 2.03 bits per heavy atom.